The third-order valence-corrected chi connectivity index (χ3v) is 1.68. The molecule has 11 heavy (non-hydrogen) atoms. The van der Waals surface area contributed by atoms with E-state index < -0.39 is 0 Å². The number of hydrogen-bond donors (Lipinski definition) is 1. The van der Waals surface area contributed by atoms with Gasteiger partial charge in [-0.05, 0) is 13.0 Å². The van der Waals surface area contributed by atoms with E-state index in [-0.39, 0.29) is 0 Å². The lowest BCUT2D eigenvalue weighted by molar-refractivity contribution is 1.06. The van der Waals surface area contributed by atoms with E-state index in [4.69, 9.17) is 0 Å². The number of nitrogens with one attached hydrogen (secondary N) is 1. The molecule has 3 nitrogen and oxygen atoms in total. The number of aromatic nitrogens is 2. The summed E-state index contributed by atoms with van der Waals surface area (Å²) in [7, 11) is 0. The Bertz CT molecular complexity index is 397. The average molecular weight is 147 g/mol. The van der Waals surface area contributed by atoms with Crippen molar-refractivity contribution in [3.63, 3.8) is 0 Å². The number of aromatic amines is 1. The zero-order chi connectivity index (χ0) is 7.68. The Morgan fingerprint density at radius 2 is 2.36 bits per heavy atom. The molecule has 0 unspecified atom stereocenters. The number of allylic oxidation sites excluding steroid dienone is 1. The van der Waals surface area contributed by atoms with Crippen molar-refractivity contribution in [2.75, 3.05) is 6.54 Å². The molecule has 2 rings (SSSR count). The second-order valence-electron chi connectivity index (χ2n) is 2.66. The van der Waals surface area contributed by atoms with Crippen LogP contribution in [0.15, 0.2) is 22.8 Å². The third-order valence-electron chi connectivity index (χ3n) is 1.68. The fraction of sp³-hybridized carbons (Fsp3) is 0.250. The summed E-state index contributed by atoms with van der Waals surface area (Å²) in [5.74, 6) is 0. The molecule has 0 spiro atoms. The minimum Gasteiger partial charge on any atom is -0.277 e. The van der Waals surface area contributed by atoms with Gasteiger partial charge in [0.05, 0.1) is 18.1 Å². The molecule has 0 amide bonds. The van der Waals surface area contributed by atoms with E-state index >= 15 is 0 Å². The Balaban J connectivity index is 2.71. The van der Waals surface area contributed by atoms with Crippen molar-refractivity contribution in [2.45, 2.75) is 6.92 Å². The van der Waals surface area contributed by atoms with Gasteiger partial charge in [-0.15, -0.1) is 0 Å². The molecule has 0 aromatic carbocycles. The number of fused-ring (bicyclic) bond motifs is 1. The monoisotopic (exact) mass is 147 g/mol. The van der Waals surface area contributed by atoms with Gasteiger partial charge in [0, 0.05) is 0 Å². The van der Waals surface area contributed by atoms with Crippen LogP contribution in [-0.4, -0.2) is 16.7 Å². The topological polar surface area (TPSA) is 41.0 Å². The maximum absolute atomic E-state index is 4.33. The fourth-order valence-electron chi connectivity index (χ4n) is 1.03. The Morgan fingerprint density at radius 3 is 3.27 bits per heavy atom. The lowest BCUT2D eigenvalue weighted by Crippen LogP contribution is -2.21. The standard InChI is InChI=1S/C8H9N3/c1-6-2-3-7-8(9-4-6)5-10-11-7/h2-3,5,11H,4H2,1H3. The quantitative estimate of drug-likeness (QED) is 0.541. The maximum atomic E-state index is 4.33. The van der Waals surface area contributed by atoms with Gasteiger partial charge in [0.25, 0.3) is 0 Å². The molecule has 0 radical (unpaired) electrons. The molecular formula is C8H9N3. The predicted octanol–water partition coefficient (Wildman–Crippen LogP) is -0.230. The van der Waals surface area contributed by atoms with E-state index in [1.807, 2.05) is 6.08 Å². The molecule has 0 saturated carbocycles. The van der Waals surface area contributed by atoms with Crippen LogP contribution in [0, 0.1) is 0 Å². The summed E-state index contributed by atoms with van der Waals surface area (Å²) >= 11 is 0. The second-order valence-corrected chi connectivity index (χ2v) is 2.66. The van der Waals surface area contributed by atoms with E-state index in [1.54, 1.807) is 6.20 Å². The van der Waals surface area contributed by atoms with Gasteiger partial charge in [-0.2, -0.15) is 5.10 Å². The lowest BCUT2D eigenvalue weighted by Gasteiger charge is -1.87. The highest BCUT2D eigenvalue weighted by Gasteiger charge is 1.93. The molecule has 0 aliphatic carbocycles. The number of nitrogens with zero attached hydrogens (tertiary/aromatic N) is 2. The molecule has 0 saturated heterocycles. The zero-order valence-electron chi connectivity index (χ0n) is 6.33. The molecule has 1 aromatic heterocycles. The molecule has 1 aliphatic rings. The molecule has 1 N–H and O–H groups in total. The van der Waals surface area contributed by atoms with Crippen LogP contribution in [0.1, 0.15) is 6.92 Å². The number of rotatable bonds is 0. The Kier molecular flexibility index (Phi) is 1.35. The van der Waals surface area contributed by atoms with Crippen molar-refractivity contribution in [1.82, 2.24) is 10.2 Å². The van der Waals surface area contributed by atoms with Crippen LogP contribution >= 0.6 is 0 Å². The van der Waals surface area contributed by atoms with Gasteiger partial charge >= 0.3 is 0 Å². The summed E-state index contributed by atoms with van der Waals surface area (Å²) in [6, 6.07) is 0. The highest BCUT2D eigenvalue weighted by Crippen LogP contribution is 1.93. The summed E-state index contributed by atoms with van der Waals surface area (Å²) in [6.07, 6.45) is 5.82. The van der Waals surface area contributed by atoms with Gasteiger partial charge in [-0.25, -0.2) is 0 Å². The predicted molar refractivity (Wildman–Crippen MR) is 42.5 cm³/mol. The van der Waals surface area contributed by atoms with Crippen LogP contribution in [0.3, 0.4) is 0 Å². The van der Waals surface area contributed by atoms with Crippen molar-refractivity contribution in [1.29, 1.82) is 0 Å². The largest absolute Gasteiger partial charge is 0.277 e. The molecule has 2 heterocycles. The van der Waals surface area contributed by atoms with E-state index in [1.165, 1.54) is 5.57 Å². The average Bonchev–Trinajstić information content (AvgIpc) is 2.38. The molecule has 56 valence electrons. The Morgan fingerprint density at radius 1 is 1.45 bits per heavy atom. The molecular weight excluding hydrogens is 138 g/mol. The van der Waals surface area contributed by atoms with Gasteiger partial charge in [0.2, 0.25) is 0 Å². The van der Waals surface area contributed by atoms with Crippen molar-refractivity contribution >= 4 is 6.08 Å². The summed E-state index contributed by atoms with van der Waals surface area (Å²) in [6.45, 7) is 2.85. The number of hydrogen-bond acceptors (Lipinski definition) is 2. The first kappa shape index (κ1) is 6.34. The van der Waals surface area contributed by atoms with Gasteiger partial charge in [-0.3, -0.25) is 10.1 Å². The van der Waals surface area contributed by atoms with Crippen LogP contribution in [0.2, 0.25) is 0 Å². The van der Waals surface area contributed by atoms with E-state index in [9.17, 15) is 0 Å². The van der Waals surface area contributed by atoms with E-state index in [0.717, 1.165) is 17.3 Å². The Hall–Kier alpha value is -1.38. The minimum absolute atomic E-state index is 0.781. The second kappa shape index (κ2) is 2.34. The van der Waals surface area contributed by atoms with Crippen LogP contribution < -0.4 is 10.7 Å². The first-order valence-electron chi connectivity index (χ1n) is 3.57. The highest BCUT2D eigenvalue weighted by molar-refractivity contribution is 5.37. The summed E-state index contributed by atoms with van der Waals surface area (Å²) in [5, 5.41) is 8.72. The zero-order valence-corrected chi connectivity index (χ0v) is 6.33. The van der Waals surface area contributed by atoms with Crippen LogP contribution in [0.5, 0.6) is 0 Å². The summed E-state index contributed by atoms with van der Waals surface area (Å²) in [5.41, 5.74) is 1.27. The molecule has 0 atom stereocenters. The van der Waals surface area contributed by atoms with Crippen LogP contribution in [0.25, 0.3) is 6.08 Å². The minimum atomic E-state index is 0.781. The summed E-state index contributed by atoms with van der Waals surface area (Å²) in [4.78, 5) is 4.33. The van der Waals surface area contributed by atoms with Crippen molar-refractivity contribution in [2.24, 2.45) is 4.99 Å². The third kappa shape index (κ3) is 1.09. The molecule has 0 fully saturated rings. The van der Waals surface area contributed by atoms with Crippen molar-refractivity contribution in [3.05, 3.63) is 28.6 Å². The van der Waals surface area contributed by atoms with Gasteiger partial charge < -0.3 is 0 Å². The molecule has 0 bridgehead atoms. The first-order valence-corrected chi connectivity index (χ1v) is 3.57. The maximum Gasteiger partial charge on any atom is 0.103 e. The normalized spacial score (nSPS) is 15.5. The van der Waals surface area contributed by atoms with E-state index in [2.05, 4.69) is 28.2 Å². The highest BCUT2D eigenvalue weighted by atomic mass is 15.1. The fourth-order valence-corrected chi connectivity index (χ4v) is 1.03. The van der Waals surface area contributed by atoms with Gasteiger partial charge in [-0.1, -0.05) is 11.6 Å². The lowest BCUT2D eigenvalue weighted by atomic mass is 10.3. The number of H-pyrrole nitrogens is 1. The van der Waals surface area contributed by atoms with E-state index in [0.29, 0.717) is 0 Å². The van der Waals surface area contributed by atoms with Gasteiger partial charge in [0.15, 0.2) is 0 Å². The SMILES string of the molecule is CC1=CC=c2[nH]ncc2=NC1. The first-order chi connectivity index (χ1) is 5.36. The summed E-state index contributed by atoms with van der Waals surface area (Å²) < 4.78 is 0. The molecule has 1 aliphatic heterocycles. The van der Waals surface area contributed by atoms with Gasteiger partial charge in [0.1, 0.15) is 5.36 Å². The molecule has 3 heteroatoms. The molecule has 1 aromatic rings. The van der Waals surface area contributed by atoms with Crippen LogP contribution in [-0.2, 0) is 0 Å². The smallest absolute Gasteiger partial charge is 0.103 e. The van der Waals surface area contributed by atoms with Crippen molar-refractivity contribution in [3.8, 4) is 0 Å². The Labute approximate surface area is 64.2 Å². The van der Waals surface area contributed by atoms with Crippen LogP contribution in [0.4, 0.5) is 0 Å². The van der Waals surface area contributed by atoms with Crippen molar-refractivity contribution < 1.29 is 0 Å².